The zero-order valence-electron chi connectivity index (χ0n) is 13.1. The van der Waals surface area contributed by atoms with Gasteiger partial charge in [-0.3, -0.25) is 9.48 Å². The summed E-state index contributed by atoms with van der Waals surface area (Å²) in [6, 6.07) is -0.237. The first-order valence-corrected chi connectivity index (χ1v) is 7.11. The molecule has 7 nitrogen and oxygen atoms in total. The van der Waals surface area contributed by atoms with Gasteiger partial charge >= 0.3 is 0 Å². The Labute approximate surface area is 125 Å². The summed E-state index contributed by atoms with van der Waals surface area (Å²) in [5.74, 6) is 0.545. The Hall–Kier alpha value is -1.44. The predicted molar refractivity (Wildman–Crippen MR) is 78.9 cm³/mol. The summed E-state index contributed by atoms with van der Waals surface area (Å²) in [7, 11) is 7.21. The smallest absolute Gasteiger partial charge is 0.201 e. The van der Waals surface area contributed by atoms with Crippen LogP contribution in [0.15, 0.2) is 6.20 Å². The number of carbonyl (C=O) groups excluding carboxylic acids is 1. The summed E-state index contributed by atoms with van der Waals surface area (Å²) in [5.41, 5.74) is 0.536. The van der Waals surface area contributed by atoms with Crippen molar-refractivity contribution in [2.45, 2.75) is 25.1 Å². The van der Waals surface area contributed by atoms with E-state index in [4.69, 9.17) is 9.47 Å². The van der Waals surface area contributed by atoms with Crippen LogP contribution in [-0.2, 0) is 11.3 Å². The molecular formula is C14H24N4O3. The van der Waals surface area contributed by atoms with Crippen LogP contribution in [0.5, 0.6) is 5.75 Å². The number of hydrogen-bond acceptors (Lipinski definition) is 6. The number of methoxy groups -OCH3 is 2. The van der Waals surface area contributed by atoms with Crippen LogP contribution in [0.4, 0.5) is 0 Å². The minimum Gasteiger partial charge on any atom is -0.493 e. The molecule has 7 heteroatoms. The van der Waals surface area contributed by atoms with E-state index in [9.17, 15) is 4.79 Å². The number of Topliss-reactive ketones (excluding diaryl/α,β-unsaturated/α-hetero) is 1. The molecule has 1 fully saturated rings. The van der Waals surface area contributed by atoms with Crippen LogP contribution in [0, 0.1) is 0 Å². The van der Waals surface area contributed by atoms with Gasteiger partial charge in [-0.25, -0.2) is 0 Å². The van der Waals surface area contributed by atoms with Crippen molar-refractivity contribution in [3.05, 3.63) is 11.9 Å². The Kier molecular flexibility index (Phi) is 5.33. The van der Waals surface area contributed by atoms with E-state index in [0.29, 0.717) is 31.0 Å². The molecule has 2 heterocycles. The molecule has 2 atom stereocenters. The maximum atomic E-state index is 12.7. The van der Waals surface area contributed by atoms with Crippen molar-refractivity contribution in [3.63, 3.8) is 0 Å². The van der Waals surface area contributed by atoms with E-state index in [0.717, 1.165) is 6.54 Å². The Bertz CT molecular complexity index is 487. The van der Waals surface area contributed by atoms with Crippen molar-refractivity contribution in [1.82, 2.24) is 20.0 Å². The highest BCUT2D eigenvalue weighted by Gasteiger charge is 2.33. The van der Waals surface area contributed by atoms with Crippen LogP contribution in [-0.4, -0.2) is 74.0 Å². The maximum Gasteiger partial charge on any atom is 0.201 e. The Morgan fingerprint density at radius 1 is 1.52 bits per heavy atom. The third-order valence-electron chi connectivity index (χ3n) is 3.76. The highest BCUT2D eigenvalue weighted by Crippen LogP contribution is 2.22. The number of nitrogens with zero attached hydrogens (tertiary/aromatic N) is 3. The number of likely N-dealkylation sites (N-methyl/N-ethyl adjacent to an activating group) is 1. The molecule has 1 saturated heterocycles. The molecule has 1 N–H and O–H groups in total. The second-order valence-electron chi connectivity index (χ2n) is 5.51. The lowest BCUT2D eigenvalue weighted by atomic mass is 10.1. The Morgan fingerprint density at radius 3 is 2.86 bits per heavy atom. The monoisotopic (exact) mass is 296 g/mol. The molecule has 1 aliphatic rings. The summed E-state index contributed by atoms with van der Waals surface area (Å²) in [6.45, 7) is 2.16. The van der Waals surface area contributed by atoms with E-state index in [2.05, 4.69) is 15.3 Å². The van der Waals surface area contributed by atoms with Crippen molar-refractivity contribution in [2.75, 3.05) is 41.4 Å². The molecular weight excluding hydrogens is 272 g/mol. The van der Waals surface area contributed by atoms with E-state index in [-0.39, 0.29) is 17.9 Å². The number of hydrogen-bond donors (Lipinski definition) is 1. The SMILES string of the molecule is COc1cnn(CCN(C)C)c1C(=O)C1CC(OC)CN1. The summed E-state index contributed by atoms with van der Waals surface area (Å²) >= 11 is 0. The quantitative estimate of drug-likeness (QED) is 0.715. The lowest BCUT2D eigenvalue weighted by Gasteiger charge is -2.14. The van der Waals surface area contributed by atoms with Crippen molar-refractivity contribution < 1.29 is 14.3 Å². The van der Waals surface area contributed by atoms with Gasteiger partial charge in [-0.15, -0.1) is 0 Å². The first kappa shape index (κ1) is 15.9. The van der Waals surface area contributed by atoms with Gasteiger partial charge in [0.25, 0.3) is 0 Å². The molecule has 1 aromatic heterocycles. The molecule has 0 amide bonds. The van der Waals surface area contributed by atoms with Gasteiger partial charge in [-0.2, -0.15) is 5.10 Å². The molecule has 0 spiro atoms. The highest BCUT2D eigenvalue weighted by molar-refractivity contribution is 6.01. The van der Waals surface area contributed by atoms with Crippen molar-refractivity contribution in [2.24, 2.45) is 0 Å². The van der Waals surface area contributed by atoms with E-state index in [1.54, 1.807) is 25.1 Å². The lowest BCUT2D eigenvalue weighted by Crippen LogP contribution is -2.33. The van der Waals surface area contributed by atoms with Gasteiger partial charge in [-0.1, -0.05) is 0 Å². The fraction of sp³-hybridized carbons (Fsp3) is 0.714. The average molecular weight is 296 g/mol. The third-order valence-corrected chi connectivity index (χ3v) is 3.76. The molecule has 2 unspecified atom stereocenters. The van der Waals surface area contributed by atoms with Crippen molar-refractivity contribution in [1.29, 1.82) is 0 Å². The standard InChI is InChI=1S/C14H24N4O3/c1-17(2)5-6-18-13(12(21-4)9-16-18)14(19)11-7-10(20-3)8-15-11/h9-11,15H,5-8H2,1-4H3. The van der Waals surface area contributed by atoms with E-state index in [1.165, 1.54) is 0 Å². The number of nitrogens with one attached hydrogen (secondary N) is 1. The summed E-state index contributed by atoms with van der Waals surface area (Å²) in [6.07, 6.45) is 2.37. The van der Waals surface area contributed by atoms with Crippen LogP contribution in [0.3, 0.4) is 0 Å². The molecule has 1 aromatic rings. The predicted octanol–water partition coefficient (Wildman–Crippen LogP) is 0.0129. The van der Waals surface area contributed by atoms with Gasteiger partial charge in [0, 0.05) is 20.2 Å². The van der Waals surface area contributed by atoms with Crippen LogP contribution in [0.25, 0.3) is 0 Å². The number of ketones is 1. The normalized spacial score (nSPS) is 22.0. The minimum atomic E-state index is -0.237. The second-order valence-corrected chi connectivity index (χ2v) is 5.51. The fourth-order valence-electron chi connectivity index (χ4n) is 2.48. The number of carbonyl (C=O) groups is 1. The lowest BCUT2D eigenvalue weighted by molar-refractivity contribution is 0.0905. The van der Waals surface area contributed by atoms with E-state index < -0.39 is 0 Å². The van der Waals surface area contributed by atoms with Crippen LogP contribution >= 0.6 is 0 Å². The topological polar surface area (TPSA) is 68.6 Å². The van der Waals surface area contributed by atoms with Crippen molar-refractivity contribution in [3.8, 4) is 5.75 Å². The van der Waals surface area contributed by atoms with Crippen LogP contribution in [0.1, 0.15) is 16.9 Å². The Balaban J connectivity index is 2.16. The van der Waals surface area contributed by atoms with Gasteiger partial charge < -0.3 is 19.7 Å². The highest BCUT2D eigenvalue weighted by atomic mass is 16.5. The van der Waals surface area contributed by atoms with Crippen LogP contribution < -0.4 is 10.1 Å². The molecule has 1 aliphatic heterocycles. The fourth-order valence-corrected chi connectivity index (χ4v) is 2.48. The largest absolute Gasteiger partial charge is 0.493 e. The first-order valence-electron chi connectivity index (χ1n) is 7.11. The summed E-state index contributed by atoms with van der Waals surface area (Å²) in [5, 5.41) is 7.48. The number of rotatable bonds is 7. The zero-order valence-corrected chi connectivity index (χ0v) is 13.1. The second kappa shape index (κ2) is 7.02. The average Bonchev–Trinajstić information content (AvgIpc) is 3.10. The minimum absolute atomic E-state index is 0.0163. The van der Waals surface area contributed by atoms with Gasteiger partial charge in [0.1, 0.15) is 5.69 Å². The van der Waals surface area contributed by atoms with Gasteiger partial charge in [0.2, 0.25) is 5.78 Å². The van der Waals surface area contributed by atoms with Crippen LogP contribution in [0.2, 0.25) is 0 Å². The van der Waals surface area contributed by atoms with Gasteiger partial charge in [-0.05, 0) is 20.5 Å². The molecule has 0 radical (unpaired) electrons. The molecule has 118 valence electrons. The number of aromatic nitrogens is 2. The molecule has 0 aliphatic carbocycles. The molecule has 0 saturated carbocycles. The molecule has 2 rings (SSSR count). The molecule has 0 aromatic carbocycles. The first-order chi connectivity index (χ1) is 10.1. The maximum absolute atomic E-state index is 12.7. The number of ether oxygens (including phenoxy) is 2. The molecule has 0 bridgehead atoms. The molecule has 21 heavy (non-hydrogen) atoms. The van der Waals surface area contributed by atoms with Gasteiger partial charge in [0.15, 0.2) is 5.75 Å². The van der Waals surface area contributed by atoms with Gasteiger partial charge in [0.05, 0.1) is 32.0 Å². The Morgan fingerprint density at radius 2 is 2.29 bits per heavy atom. The van der Waals surface area contributed by atoms with E-state index >= 15 is 0 Å². The summed E-state index contributed by atoms with van der Waals surface area (Å²) < 4.78 is 12.3. The van der Waals surface area contributed by atoms with Crippen molar-refractivity contribution >= 4 is 5.78 Å². The summed E-state index contributed by atoms with van der Waals surface area (Å²) in [4.78, 5) is 14.8. The zero-order chi connectivity index (χ0) is 15.4. The third kappa shape index (κ3) is 3.61. The van der Waals surface area contributed by atoms with E-state index in [1.807, 2.05) is 14.1 Å².